The zero-order chi connectivity index (χ0) is 20.5. The smallest absolute Gasteiger partial charge is 0.0232 e. The Kier molecular flexibility index (Phi) is 7.95. The number of allylic oxidation sites excluding steroid dienone is 9. The van der Waals surface area contributed by atoms with E-state index in [9.17, 15) is 0 Å². The second kappa shape index (κ2) is 10.9. The summed E-state index contributed by atoms with van der Waals surface area (Å²) in [6.07, 6.45) is 21.0. The second-order valence-corrected chi connectivity index (χ2v) is 8.85. The summed E-state index contributed by atoms with van der Waals surface area (Å²) in [6, 6.07) is 15.4. The summed E-state index contributed by atoms with van der Waals surface area (Å²) in [5.41, 5.74) is 5.19. The molecule has 29 heavy (non-hydrogen) atoms. The average Bonchev–Trinajstić information content (AvgIpc) is 2.97. The first-order chi connectivity index (χ1) is 14.1. The average molecular weight is 399 g/mol. The first kappa shape index (κ1) is 21.2. The Bertz CT molecular complexity index is 956. The quantitative estimate of drug-likeness (QED) is 0.333. The van der Waals surface area contributed by atoms with E-state index in [0.29, 0.717) is 5.92 Å². The molecule has 2 aromatic rings. The Morgan fingerprint density at radius 2 is 2.00 bits per heavy atom. The molecule has 1 aliphatic rings. The SMILES string of the molecule is C=C(C)Sc1c(C/C=C\C=C\C2C=CC=CCC2)cccc1-c1cccc(C)c1. The maximum atomic E-state index is 4.14. The Morgan fingerprint density at radius 3 is 2.83 bits per heavy atom. The first-order valence-corrected chi connectivity index (χ1v) is 11.1. The van der Waals surface area contributed by atoms with Crippen molar-refractivity contribution in [1.29, 1.82) is 0 Å². The number of thioether (sulfide) groups is 1. The molecule has 3 rings (SSSR count). The van der Waals surface area contributed by atoms with E-state index in [2.05, 4.69) is 111 Å². The maximum absolute atomic E-state index is 4.14. The molecule has 2 aromatic carbocycles. The van der Waals surface area contributed by atoms with Gasteiger partial charge in [-0.1, -0.05) is 115 Å². The molecule has 0 saturated heterocycles. The van der Waals surface area contributed by atoms with Crippen molar-refractivity contribution in [2.75, 3.05) is 0 Å². The van der Waals surface area contributed by atoms with Crippen molar-refractivity contribution in [3.63, 3.8) is 0 Å². The summed E-state index contributed by atoms with van der Waals surface area (Å²) in [5, 5.41) is 0. The van der Waals surface area contributed by atoms with E-state index >= 15 is 0 Å². The highest BCUT2D eigenvalue weighted by Gasteiger charge is 2.11. The van der Waals surface area contributed by atoms with Crippen LogP contribution >= 0.6 is 11.8 Å². The molecule has 0 N–H and O–H groups in total. The summed E-state index contributed by atoms with van der Waals surface area (Å²) < 4.78 is 0. The van der Waals surface area contributed by atoms with Crippen LogP contribution in [0.2, 0.25) is 0 Å². The summed E-state index contributed by atoms with van der Waals surface area (Å²) >= 11 is 1.78. The highest BCUT2D eigenvalue weighted by molar-refractivity contribution is 8.03. The fourth-order valence-electron chi connectivity index (χ4n) is 3.49. The third-order valence-electron chi connectivity index (χ3n) is 4.92. The third-order valence-corrected chi connectivity index (χ3v) is 5.95. The minimum absolute atomic E-state index is 0.536. The van der Waals surface area contributed by atoms with Gasteiger partial charge in [-0.25, -0.2) is 0 Å². The molecule has 0 bridgehead atoms. The minimum atomic E-state index is 0.536. The minimum Gasteiger partial charge on any atom is -0.0945 e. The Hall–Kier alpha value is -2.51. The lowest BCUT2D eigenvalue weighted by atomic mass is 10.00. The standard InChI is InChI=1S/C28H30S/c1-22(2)29-28-25(17-10-6-9-16-24-14-7-4-5-8-15-24)18-12-20-27(28)26-19-11-13-23(3)21-26/h4-7,9-14,16,18-21,24H,1,8,15,17H2,2-3H3/b10-6-,16-9+. The summed E-state index contributed by atoms with van der Waals surface area (Å²) in [4.78, 5) is 2.43. The Balaban J connectivity index is 1.77. The largest absolute Gasteiger partial charge is 0.0945 e. The van der Waals surface area contributed by atoms with E-state index in [4.69, 9.17) is 0 Å². The van der Waals surface area contributed by atoms with Gasteiger partial charge in [-0.05, 0) is 60.6 Å². The van der Waals surface area contributed by atoms with Crippen LogP contribution in [-0.4, -0.2) is 0 Å². The molecular formula is C28H30S. The van der Waals surface area contributed by atoms with Gasteiger partial charge in [0, 0.05) is 4.90 Å². The molecule has 0 heterocycles. The van der Waals surface area contributed by atoms with Gasteiger partial charge in [0.15, 0.2) is 0 Å². The van der Waals surface area contributed by atoms with Crippen LogP contribution in [0, 0.1) is 12.8 Å². The number of aryl methyl sites for hydroxylation is 1. The van der Waals surface area contributed by atoms with Crippen molar-refractivity contribution in [3.8, 4) is 11.1 Å². The van der Waals surface area contributed by atoms with Gasteiger partial charge in [0.05, 0.1) is 0 Å². The lowest BCUT2D eigenvalue weighted by molar-refractivity contribution is 0.727. The van der Waals surface area contributed by atoms with E-state index < -0.39 is 0 Å². The number of hydrogen-bond acceptors (Lipinski definition) is 1. The molecule has 0 radical (unpaired) electrons. The molecule has 0 amide bonds. The Morgan fingerprint density at radius 1 is 1.14 bits per heavy atom. The topological polar surface area (TPSA) is 0 Å². The number of rotatable bonds is 7. The van der Waals surface area contributed by atoms with E-state index in [1.807, 2.05) is 0 Å². The van der Waals surface area contributed by atoms with Gasteiger partial charge in [-0.3, -0.25) is 0 Å². The van der Waals surface area contributed by atoms with Gasteiger partial charge in [-0.2, -0.15) is 0 Å². The second-order valence-electron chi connectivity index (χ2n) is 7.54. The van der Waals surface area contributed by atoms with E-state index in [1.54, 1.807) is 11.8 Å². The first-order valence-electron chi connectivity index (χ1n) is 10.3. The molecule has 1 unspecified atom stereocenters. The van der Waals surface area contributed by atoms with Crippen molar-refractivity contribution in [2.24, 2.45) is 5.92 Å². The van der Waals surface area contributed by atoms with Gasteiger partial charge >= 0.3 is 0 Å². The monoisotopic (exact) mass is 398 g/mol. The molecule has 0 aromatic heterocycles. The molecule has 1 aliphatic carbocycles. The summed E-state index contributed by atoms with van der Waals surface area (Å²) in [7, 11) is 0. The van der Waals surface area contributed by atoms with Crippen LogP contribution in [0.5, 0.6) is 0 Å². The molecular weight excluding hydrogens is 368 g/mol. The van der Waals surface area contributed by atoms with Crippen LogP contribution in [-0.2, 0) is 6.42 Å². The molecule has 0 aliphatic heterocycles. The highest BCUT2D eigenvalue weighted by atomic mass is 32.2. The van der Waals surface area contributed by atoms with Gasteiger partial charge in [0.2, 0.25) is 0 Å². The molecule has 0 nitrogen and oxygen atoms in total. The normalized spacial score (nSPS) is 16.6. The summed E-state index contributed by atoms with van der Waals surface area (Å²) in [6.45, 7) is 8.36. The number of benzene rings is 2. The lowest BCUT2D eigenvalue weighted by Crippen LogP contribution is -1.91. The van der Waals surface area contributed by atoms with Crippen molar-refractivity contribution in [1.82, 2.24) is 0 Å². The third kappa shape index (κ3) is 6.51. The van der Waals surface area contributed by atoms with E-state index in [-0.39, 0.29) is 0 Å². The molecule has 1 heteroatoms. The Labute approximate surface area is 180 Å². The highest BCUT2D eigenvalue weighted by Crippen LogP contribution is 2.38. The van der Waals surface area contributed by atoms with Crippen molar-refractivity contribution < 1.29 is 0 Å². The van der Waals surface area contributed by atoms with Gasteiger partial charge in [0.25, 0.3) is 0 Å². The fraction of sp³-hybridized carbons (Fsp3) is 0.214. The van der Waals surface area contributed by atoms with E-state index in [1.165, 1.54) is 33.6 Å². The lowest BCUT2D eigenvalue weighted by Gasteiger charge is -2.14. The fourth-order valence-corrected chi connectivity index (χ4v) is 4.41. The maximum Gasteiger partial charge on any atom is 0.0232 e. The van der Waals surface area contributed by atoms with Crippen LogP contribution < -0.4 is 0 Å². The van der Waals surface area contributed by atoms with Crippen molar-refractivity contribution in [2.45, 2.75) is 38.0 Å². The molecule has 148 valence electrons. The van der Waals surface area contributed by atoms with Crippen LogP contribution in [0.4, 0.5) is 0 Å². The summed E-state index contributed by atoms with van der Waals surface area (Å²) in [5.74, 6) is 0.536. The van der Waals surface area contributed by atoms with Crippen LogP contribution in [0.25, 0.3) is 11.1 Å². The van der Waals surface area contributed by atoms with Crippen LogP contribution in [0.3, 0.4) is 0 Å². The molecule has 0 spiro atoms. The van der Waals surface area contributed by atoms with Crippen molar-refractivity contribution in [3.05, 3.63) is 114 Å². The van der Waals surface area contributed by atoms with Crippen molar-refractivity contribution >= 4 is 11.8 Å². The molecule has 0 saturated carbocycles. The van der Waals surface area contributed by atoms with Gasteiger partial charge in [0.1, 0.15) is 0 Å². The predicted molar refractivity (Wildman–Crippen MR) is 130 cm³/mol. The number of hydrogen-bond donors (Lipinski definition) is 0. The predicted octanol–water partition coefficient (Wildman–Crippen LogP) is 8.47. The molecule has 1 atom stereocenters. The van der Waals surface area contributed by atoms with Crippen LogP contribution in [0.15, 0.2) is 107 Å². The van der Waals surface area contributed by atoms with Gasteiger partial charge < -0.3 is 0 Å². The van der Waals surface area contributed by atoms with E-state index in [0.717, 1.165) is 17.7 Å². The van der Waals surface area contributed by atoms with Crippen LogP contribution in [0.1, 0.15) is 30.9 Å². The zero-order valence-electron chi connectivity index (χ0n) is 17.5. The zero-order valence-corrected chi connectivity index (χ0v) is 18.3. The molecule has 0 fully saturated rings. The van der Waals surface area contributed by atoms with Gasteiger partial charge in [-0.15, -0.1) is 0 Å².